The SMILES string of the molecule is CNN(C)Cc1cc2ccccc2n1CCC(=O)NCC(=O)N(C)[C@@H](C)C(=O)O[C@H]1CC(=O)N(C)c2cc(cc(OC)c2Cl)C/C(C)=C/C=C/[C@@H](OC)[C@@]2(O)C[C@H](OC(=O)N2)[C@@H](C)C2O[C@]21C. The molecule has 2 fully saturated rings. The number of para-hydroxylation sites is 1. The van der Waals surface area contributed by atoms with Gasteiger partial charge >= 0.3 is 12.1 Å². The average molecular weight is 951 g/mol. The van der Waals surface area contributed by atoms with E-state index in [-0.39, 0.29) is 36.7 Å². The Kier molecular flexibility index (Phi) is 16.1. The van der Waals surface area contributed by atoms with Crippen molar-refractivity contribution in [2.45, 2.75) is 108 Å². The van der Waals surface area contributed by atoms with E-state index in [2.05, 4.69) is 26.7 Å². The summed E-state index contributed by atoms with van der Waals surface area (Å²) in [6, 6.07) is 12.4. The van der Waals surface area contributed by atoms with Crippen LogP contribution in [0.2, 0.25) is 5.02 Å². The fourth-order valence-corrected chi connectivity index (χ4v) is 9.12. The molecule has 2 saturated heterocycles. The Balaban J connectivity index is 1.20. The van der Waals surface area contributed by atoms with E-state index in [0.717, 1.165) is 27.7 Å². The number of nitrogens with zero attached hydrogens (tertiary/aromatic N) is 4. The summed E-state index contributed by atoms with van der Waals surface area (Å²) in [5.74, 6) is -2.44. The molecule has 2 aromatic carbocycles. The van der Waals surface area contributed by atoms with Crippen LogP contribution in [0.25, 0.3) is 10.9 Å². The molecular weight excluding hydrogens is 886 g/mol. The lowest BCUT2D eigenvalue weighted by molar-refractivity contribution is -0.161. The molecule has 4 bridgehead atoms. The number of rotatable bonds is 13. The number of hydrazine groups is 1. The molecule has 6 rings (SSSR count). The molecule has 4 amide bonds. The first kappa shape index (κ1) is 50.9. The lowest BCUT2D eigenvalue weighted by Gasteiger charge is -2.42. The molecule has 1 aromatic heterocycles. The molecule has 19 heteroatoms. The van der Waals surface area contributed by atoms with Crippen LogP contribution in [-0.2, 0) is 57.6 Å². The second-order valence-corrected chi connectivity index (χ2v) is 18.2. The molecule has 4 heterocycles. The molecule has 0 radical (unpaired) electrons. The average Bonchev–Trinajstić information content (AvgIpc) is 3.88. The molecule has 1 unspecified atom stereocenters. The van der Waals surface area contributed by atoms with Crippen molar-refractivity contribution in [1.82, 2.24) is 30.5 Å². The van der Waals surface area contributed by atoms with E-state index >= 15 is 0 Å². The van der Waals surface area contributed by atoms with Gasteiger partial charge in [0.1, 0.15) is 40.7 Å². The molecule has 0 saturated carbocycles. The number of carbonyl (C=O) groups is 5. The van der Waals surface area contributed by atoms with E-state index in [1.54, 1.807) is 45.2 Å². The van der Waals surface area contributed by atoms with Crippen LogP contribution < -0.4 is 25.7 Å². The number of halogens is 1. The number of likely N-dealkylation sites (N-methyl/N-ethyl adjacent to an activating group) is 1. The number of allylic oxidation sites excluding steroid dienone is 3. The van der Waals surface area contributed by atoms with Crippen molar-refractivity contribution in [2.24, 2.45) is 5.92 Å². The molecule has 3 aliphatic rings. The number of nitrogens with one attached hydrogen (secondary N) is 3. The first-order chi connectivity index (χ1) is 31.7. The number of carbonyl (C=O) groups excluding carboxylic acids is 5. The highest BCUT2D eigenvalue weighted by Gasteiger charge is 2.64. The molecule has 3 aromatic rings. The zero-order valence-electron chi connectivity index (χ0n) is 39.9. The second kappa shape index (κ2) is 21.2. The molecule has 364 valence electrons. The van der Waals surface area contributed by atoms with Gasteiger partial charge in [0.15, 0.2) is 5.72 Å². The Bertz CT molecular complexity index is 2410. The number of aliphatic hydroxyl groups is 1. The molecule has 18 nitrogen and oxygen atoms in total. The minimum atomic E-state index is -1.87. The molecule has 8 atom stereocenters. The second-order valence-electron chi connectivity index (χ2n) is 17.9. The van der Waals surface area contributed by atoms with E-state index in [1.165, 1.54) is 38.0 Å². The van der Waals surface area contributed by atoms with E-state index in [1.807, 2.05) is 56.4 Å². The number of epoxide rings is 1. The number of hydrogen-bond donors (Lipinski definition) is 4. The zero-order valence-corrected chi connectivity index (χ0v) is 40.6. The quantitative estimate of drug-likeness (QED) is 0.108. The van der Waals surface area contributed by atoms with Crippen molar-refractivity contribution >= 4 is 58.0 Å². The fourth-order valence-electron chi connectivity index (χ4n) is 8.80. The monoisotopic (exact) mass is 949 g/mol. The number of alkyl carbamates (subject to hydrolysis) is 1. The summed E-state index contributed by atoms with van der Waals surface area (Å²) in [4.78, 5) is 70.6. The topological polar surface area (TPSA) is 206 Å². The number of amides is 4. The van der Waals surface area contributed by atoms with Gasteiger partial charge in [0, 0.05) is 64.8 Å². The minimum absolute atomic E-state index is 0.0866. The van der Waals surface area contributed by atoms with Crippen LogP contribution in [0.15, 0.2) is 66.3 Å². The van der Waals surface area contributed by atoms with Crippen LogP contribution in [0.5, 0.6) is 5.75 Å². The Morgan fingerprint density at radius 3 is 2.57 bits per heavy atom. The van der Waals surface area contributed by atoms with Crippen molar-refractivity contribution in [3.8, 4) is 5.75 Å². The third kappa shape index (κ3) is 11.4. The van der Waals surface area contributed by atoms with Gasteiger partial charge in [0.2, 0.25) is 17.7 Å². The highest BCUT2D eigenvalue weighted by Crippen LogP contribution is 2.49. The van der Waals surface area contributed by atoms with Gasteiger partial charge in [-0.05, 0) is 69.5 Å². The number of anilines is 1. The van der Waals surface area contributed by atoms with E-state index in [9.17, 15) is 29.1 Å². The number of aryl methyl sites for hydroxylation is 1. The first-order valence-electron chi connectivity index (χ1n) is 22.3. The standard InChI is InChI=1S/C48H64ClN7O11/c1-28-14-13-17-38(64-10)48(62)25-37(65-46(61)52-48)29(2)44-47(4,67-44)39(24-41(58)55(8)35-21-31(20-28)22-36(63-9)43(35)49)66-45(60)30(3)54(7)42(59)26-51-40(57)18-19-56-33(27-53(6)50-5)23-32-15-11-12-16-34(32)56/h11-17,21-23,29-30,37-39,44,50,62H,18-20,24-27H2,1-10H3,(H,51,57)(H,52,61)/b17-13+,28-14+/t29-,30+,37+,38-,39+,44?,47+,48+/m1/s1. The molecule has 0 aliphatic carbocycles. The van der Waals surface area contributed by atoms with Crippen molar-refractivity contribution in [2.75, 3.05) is 53.9 Å². The Morgan fingerprint density at radius 2 is 1.87 bits per heavy atom. The van der Waals surface area contributed by atoms with Gasteiger partial charge in [-0.25, -0.2) is 14.6 Å². The number of ether oxygens (including phenoxy) is 5. The van der Waals surface area contributed by atoms with Crippen molar-refractivity contribution in [3.05, 3.63) is 82.5 Å². The molecule has 4 N–H and O–H groups in total. The van der Waals surface area contributed by atoms with E-state index in [0.29, 0.717) is 30.9 Å². The zero-order chi connectivity index (χ0) is 49.0. The van der Waals surface area contributed by atoms with Gasteiger partial charge < -0.3 is 48.5 Å². The predicted molar refractivity (Wildman–Crippen MR) is 251 cm³/mol. The number of aromatic nitrogens is 1. The number of hydrogen-bond acceptors (Lipinski definition) is 13. The van der Waals surface area contributed by atoms with Gasteiger partial charge in [-0.1, -0.05) is 60.5 Å². The summed E-state index contributed by atoms with van der Waals surface area (Å²) in [7, 11) is 9.64. The lowest BCUT2D eigenvalue weighted by atomic mass is 9.83. The maximum atomic E-state index is 14.3. The van der Waals surface area contributed by atoms with Gasteiger partial charge in [0.25, 0.3) is 0 Å². The maximum absolute atomic E-state index is 14.3. The van der Waals surface area contributed by atoms with Crippen molar-refractivity contribution in [1.29, 1.82) is 0 Å². The van der Waals surface area contributed by atoms with Crippen LogP contribution >= 0.6 is 11.6 Å². The van der Waals surface area contributed by atoms with Gasteiger partial charge in [-0.15, -0.1) is 0 Å². The van der Waals surface area contributed by atoms with E-state index < -0.39 is 71.6 Å². The van der Waals surface area contributed by atoms with Gasteiger partial charge in [-0.2, -0.15) is 0 Å². The summed E-state index contributed by atoms with van der Waals surface area (Å²) >= 11 is 6.81. The van der Waals surface area contributed by atoms with Crippen LogP contribution in [-0.4, -0.2) is 140 Å². The Labute approximate surface area is 396 Å². The van der Waals surface area contributed by atoms with E-state index in [4.69, 9.17) is 35.3 Å². The summed E-state index contributed by atoms with van der Waals surface area (Å²) in [5, 5.41) is 20.2. The van der Waals surface area contributed by atoms with Crippen LogP contribution in [0.3, 0.4) is 0 Å². The van der Waals surface area contributed by atoms with Crippen molar-refractivity contribution in [3.63, 3.8) is 0 Å². The van der Waals surface area contributed by atoms with Crippen molar-refractivity contribution < 1.29 is 52.8 Å². The molecular formula is C48H64ClN7O11. The van der Waals surface area contributed by atoms with Gasteiger partial charge in [-0.3, -0.25) is 25.1 Å². The molecule has 0 spiro atoms. The summed E-state index contributed by atoms with van der Waals surface area (Å²) in [5.41, 5.74) is 3.98. The molecule has 67 heavy (non-hydrogen) atoms. The lowest BCUT2D eigenvalue weighted by Crippen LogP contribution is -2.63. The number of fused-ring (bicyclic) bond motifs is 6. The summed E-state index contributed by atoms with van der Waals surface area (Å²) < 4.78 is 31.5. The smallest absolute Gasteiger partial charge is 0.409 e. The number of esters is 1. The summed E-state index contributed by atoms with van der Waals surface area (Å²) in [6.45, 7) is 7.47. The Hall–Kier alpha value is -5.50. The largest absolute Gasteiger partial charge is 0.495 e. The highest BCUT2D eigenvalue weighted by molar-refractivity contribution is 6.35. The number of benzene rings is 2. The Morgan fingerprint density at radius 1 is 1.13 bits per heavy atom. The predicted octanol–water partition coefficient (Wildman–Crippen LogP) is 4.24. The third-order valence-corrected chi connectivity index (χ3v) is 13.6. The van der Waals surface area contributed by atoms with Crippen LogP contribution in [0.1, 0.15) is 58.2 Å². The van der Waals surface area contributed by atoms with Gasteiger partial charge in [0.05, 0.1) is 38.4 Å². The highest BCUT2D eigenvalue weighted by atomic mass is 35.5. The number of methoxy groups -OCH3 is 2. The van der Waals surface area contributed by atoms with Crippen LogP contribution in [0, 0.1) is 5.92 Å². The maximum Gasteiger partial charge on any atom is 0.409 e. The molecule has 3 aliphatic heterocycles. The normalized spacial score (nSPS) is 27.2. The van der Waals surface area contributed by atoms with Crippen LogP contribution in [0.4, 0.5) is 10.5 Å². The minimum Gasteiger partial charge on any atom is -0.495 e. The third-order valence-electron chi connectivity index (χ3n) is 13.2. The first-order valence-corrected chi connectivity index (χ1v) is 22.7. The summed E-state index contributed by atoms with van der Waals surface area (Å²) in [6.07, 6.45) is 0.620. The fraction of sp³-hybridized carbons (Fsp3) is 0.521.